The monoisotopic (exact) mass is 330 g/mol. The molecule has 2 saturated heterocycles. The van der Waals surface area contributed by atoms with Gasteiger partial charge < -0.3 is 14.2 Å². The first-order valence-electron chi connectivity index (χ1n) is 9.78. The fourth-order valence-electron chi connectivity index (χ4n) is 5.21. The van der Waals surface area contributed by atoms with Gasteiger partial charge in [-0.3, -0.25) is 4.79 Å². The molecule has 0 unspecified atom stereocenters. The van der Waals surface area contributed by atoms with Crippen molar-refractivity contribution < 1.29 is 9.21 Å². The van der Waals surface area contributed by atoms with Gasteiger partial charge in [0.1, 0.15) is 6.26 Å². The lowest BCUT2D eigenvalue weighted by atomic mass is 9.78. The molecule has 1 saturated carbocycles. The average Bonchev–Trinajstić information content (AvgIpc) is 3.26. The van der Waals surface area contributed by atoms with Crippen molar-refractivity contribution in [2.75, 3.05) is 32.7 Å². The number of rotatable bonds is 3. The van der Waals surface area contributed by atoms with E-state index in [1.807, 2.05) is 0 Å². The maximum absolute atomic E-state index is 12.6. The fraction of sp³-hybridized carbons (Fsp3) is 0.750. The standard InChI is InChI=1S/C20H30N2O2/c23-19(18-7-12-24-14-18)22-11-9-20(16-22)8-4-10-21(15-20)13-17-5-2-1-3-6-17/h7,12,14,17H,1-6,8-11,13,15-16H2/t20-/m0/s1. The van der Waals surface area contributed by atoms with Crippen LogP contribution in [0.3, 0.4) is 0 Å². The van der Waals surface area contributed by atoms with E-state index < -0.39 is 0 Å². The van der Waals surface area contributed by atoms with Crippen molar-refractivity contribution in [3.05, 3.63) is 24.2 Å². The summed E-state index contributed by atoms with van der Waals surface area (Å²) in [5, 5.41) is 0. The number of hydrogen-bond donors (Lipinski definition) is 0. The SMILES string of the molecule is O=C(c1ccoc1)N1CC[C@]2(CCCN(CC3CCCCC3)C2)C1. The Morgan fingerprint density at radius 3 is 2.79 bits per heavy atom. The van der Waals surface area contributed by atoms with Crippen molar-refractivity contribution >= 4 is 5.91 Å². The molecule has 0 bridgehead atoms. The molecule has 1 aliphatic carbocycles. The van der Waals surface area contributed by atoms with Gasteiger partial charge in [0.2, 0.25) is 0 Å². The summed E-state index contributed by atoms with van der Waals surface area (Å²) in [6.45, 7) is 5.57. The van der Waals surface area contributed by atoms with Crippen LogP contribution in [0.5, 0.6) is 0 Å². The van der Waals surface area contributed by atoms with E-state index in [4.69, 9.17) is 4.42 Å². The number of carbonyl (C=O) groups is 1. The van der Waals surface area contributed by atoms with E-state index in [9.17, 15) is 4.79 Å². The minimum absolute atomic E-state index is 0.144. The van der Waals surface area contributed by atoms with Crippen LogP contribution >= 0.6 is 0 Å². The third kappa shape index (κ3) is 3.39. The van der Waals surface area contributed by atoms with E-state index in [-0.39, 0.29) is 5.91 Å². The summed E-state index contributed by atoms with van der Waals surface area (Å²) >= 11 is 0. The molecule has 4 heteroatoms. The number of likely N-dealkylation sites (tertiary alicyclic amines) is 2. The van der Waals surface area contributed by atoms with Gasteiger partial charge in [-0.2, -0.15) is 0 Å². The average molecular weight is 330 g/mol. The molecule has 3 fully saturated rings. The van der Waals surface area contributed by atoms with Gasteiger partial charge in [-0.25, -0.2) is 0 Å². The Hall–Kier alpha value is -1.29. The van der Waals surface area contributed by atoms with Crippen LogP contribution in [0, 0.1) is 11.3 Å². The van der Waals surface area contributed by atoms with Crippen LogP contribution in [0.4, 0.5) is 0 Å². The lowest BCUT2D eigenvalue weighted by molar-refractivity contribution is 0.0630. The molecule has 1 aromatic heterocycles. The van der Waals surface area contributed by atoms with Crippen molar-refractivity contribution in [2.45, 2.75) is 51.4 Å². The minimum Gasteiger partial charge on any atom is -0.472 e. The first-order valence-corrected chi connectivity index (χ1v) is 9.78. The van der Waals surface area contributed by atoms with Gasteiger partial charge in [0.15, 0.2) is 0 Å². The van der Waals surface area contributed by atoms with Gasteiger partial charge in [-0.15, -0.1) is 0 Å². The largest absolute Gasteiger partial charge is 0.472 e. The van der Waals surface area contributed by atoms with Gasteiger partial charge in [-0.1, -0.05) is 19.3 Å². The van der Waals surface area contributed by atoms with Crippen LogP contribution in [0.1, 0.15) is 61.7 Å². The van der Waals surface area contributed by atoms with Gasteiger partial charge >= 0.3 is 0 Å². The van der Waals surface area contributed by atoms with E-state index >= 15 is 0 Å². The van der Waals surface area contributed by atoms with Gasteiger partial charge in [0.25, 0.3) is 5.91 Å². The van der Waals surface area contributed by atoms with E-state index in [0.717, 1.165) is 25.4 Å². The van der Waals surface area contributed by atoms with Crippen LogP contribution in [0.2, 0.25) is 0 Å². The number of furan rings is 1. The lowest BCUT2D eigenvalue weighted by Gasteiger charge is -2.42. The summed E-state index contributed by atoms with van der Waals surface area (Å²) in [5.41, 5.74) is 1.04. The zero-order chi connectivity index (χ0) is 16.4. The molecule has 132 valence electrons. The molecule has 1 amide bonds. The van der Waals surface area contributed by atoms with Crippen molar-refractivity contribution in [3.8, 4) is 0 Å². The van der Waals surface area contributed by atoms with E-state index in [0.29, 0.717) is 11.0 Å². The summed E-state index contributed by atoms with van der Waals surface area (Å²) in [7, 11) is 0. The highest BCUT2D eigenvalue weighted by Crippen LogP contribution is 2.40. The summed E-state index contributed by atoms with van der Waals surface area (Å²) in [6.07, 6.45) is 14.0. The molecule has 0 aromatic carbocycles. The molecule has 4 rings (SSSR count). The molecular weight excluding hydrogens is 300 g/mol. The Kier molecular flexibility index (Phi) is 4.66. The molecule has 0 radical (unpaired) electrons. The Bertz CT molecular complexity index is 550. The number of amides is 1. The van der Waals surface area contributed by atoms with Crippen LogP contribution in [-0.4, -0.2) is 48.4 Å². The molecule has 1 atom stereocenters. The quantitative estimate of drug-likeness (QED) is 0.846. The van der Waals surface area contributed by atoms with Crippen molar-refractivity contribution in [2.24, 2.45) is 11.3 Å². The number of hydrogen-bond acceptors (Lipinski definition) is 3. The molecular formula is C20H30N2O2. The molecule has 1 spiro atoms. The van der Waals surface area contributed by atoms with E-state index in [1.54, 1.807) is 18.6 Å². The molecule has 1 aromatic rings. The molecule has 0 N–H and O–H groups in total. The second kappa shape index (κ2) is 6.91. The highest BCUT2D eigenvalue weighted by atomic mass is 16.3. The smallest absolute Gasteiger partial charge is 0.257 e. The fourth-order valence-corrected chi connectivity index (χ4v) is 5.21. The molecule has 3 aliphatic rings. The Balaban J connectivity index is 1.36. The Labute approximate surface area is 145 Å². The summed E-state index contributed by atoms with van der Waals surface area (Å²) < 4.78 is 5.08. The third-order valence-electron chi connectivity index (χ3n) is 6.48. The van der Waals surface area contributed by atoms with Gasteiger partial charge in [0.05, 0.1) is 11.8 Å². The molecule has 2 aliphatic heterocycles. The van der Waals surface area contributed by atoms with Crippen LogP contribution in [0.25, 0.3) is 0 Å². The Morgan fingerprint density at radius 2 is 2.00 bits per heavy atom. The normalized spacial score (nSPS) is 29.4. The zero-order valence-electron chi connectivity index (χ0n) is 14.7. The highest BCUT2D eigenvalue weighted by Gasteiger charge is 2.43. The number of carbonyl (C=O) groups excluding carboxylic acids is 1. The van der Waals surface area contributed by atoms with Gasteiger partial charge in [0, 0.05) is 31.6 Å². The number of nitrogens with zero attached hydrogens (tertiary/aromatic N) is 2. The first-order chi connectivity index (χ1) is 11.7. The second-order valence-corrected chi connectivity index (χ2v) is 8.33. The van der Waals surface area contributed by atoms with Crippen LogP contribution in [0.15, 0.2) is 23.0 Å². The van der Waals surface area contributed by atoms with Crippen LogP contribution < -0.4 is 0 Å². The first kappa shape index (κ1) is 16.2. The summed E-state index contributed by atoms with van der Waals surface area (Å²) in [6, 6.07) is 1.78. The minimum atomic E-state index is 0.144. The Morgan fingerprint density at radius 1 is 1.12 bits per heavy atom. The number of piperidine rings is 1. The van der Waals surface area contributed by atoms with Gasteiger partial charge in [-0.05, 0) is 50.6 Å². The maximum Gasteiger partial charge on any atom is 0.257 e. The maximum atomic E-state index is 12.6. The second-order valence-electron chi connectivity index (χ2n) is 8.33. The predicted octanol–water partition coefficient (Wildman–Crippen LogP) is 3.79. The summed E-state index contributed by atoms with van der Waals surface area (Å²) in [5.74, 6) is 1.06. The molecule has 3 heterocycles. The lowest BCUT2D eigenvalue weighted by Crippen LogP contribution is -2.47. The zero-order valence-corrected chi connectivity index (χ0v) is 14.7. The van der Waals surface area contributed by atoms with Crippen LogP contribution in [-0.2, 0) is 0 Å². The van der Waals surface area contributed by atoms with E-state index in [2.05, 4.69) is 9.80 Å². The topological polar surface area (TPSA) is 36.7 Å². The predicted molar refractivity (Wildman–Crippen MR) is 93.9 cm³/mol. The van der Waals surface area contributed by atoms with E-state index in [1.165, 1.54) is 64.6 Å². The molecule has 24 heavy (non-hydrogen) atoms. The molecule has 4 nitrogen and oxygen atoms in total. The summed E-state index contributed by atoms with van der Waals surface area (Å²) in [4.78, 5) is 17.3. The van der Waals surface area contributed by atoms with Crippen molar-refractivity contribution in [1.82, 2.24) is 9.80 Å². The van der Waals surface area contributed by atoms with Crippen molar-refractivity contribution in [1.29, 1.82) is 0 Å². The van der Waals surface area contributed by atoms with Crippen molar-refractivity contribution in [3.63, 3.8) is 0 Å². The highest BCUT2D eigenvalue weighted by molar-refractivity contribution is 5.94. The third-order valence-corrected chi connectivity index (χ3v) is 6.48.